The number of amides is 1. The standard InChI is InChI=1S/C24H20F3N3O3/c1-3-14-33-18-10-8-17(9-11-18)12-13-28-23(32)22-21(31)15-16(2)30(29-22)20-7-5-4-6-19(20)24(25,26)27/h1,4-11,15H,12-14H2,2H3,(H,28,32). The van der Waals surface area contributed by atoms with Crippen molar-refractivity contribution in [2.45, 2.75) is 19.5 Å². The fourth-order valence-electron chi connectivity index (χ4n) is 3.13. The van der Waals surface area contributed by atoms with Gasteiger partial charge in [-0.1, -0.05) is 30.2 Å². The van der Waals surface area contributed by atoms with Gasteiger partial charge in [-0.15, -0.1) is 6.42 Å². The number of ether oxygens (including phenoxy) is 1. The summed E-state index contributed by atoms with van der Waals surface area (Å²) >= 11 is 0. The fraction of sp³-hybridized carbons (Fsp3) is 0.208. The van der Waals surface area contributed by atoms with Gasteiger partial charge in [0.25, 0.3) is 5.91 Å². The van der Waals surface area contributed by atoms with Gasteiger partial charge in [-0.05, 0) is 43.2 Å². The first-order chi connectivity index (χ1) is 15.7. The van der Waals surface area contributed by atoms with Crippen molar-refractivity contribution >= 4 is 5.91 Å². The van der Waals surface area contributed by atoms with Crippen LogP contribution in [-0.2, 0) is 12.6 Å². The summed E-state index contributed by atoms with van der Waals surface area (Å²) in [7, 11) is 0. The first-order valence-electron chi connectivity index (χ1n) is 9.91. The van der Waals surface area contributed by atoms with Gasteiger partial charge >= 0.3 is 6.18 Å². The van der Waals surface area contributed by atoms with Crippen LogP contribution in [0.5, 0.6) is 5.75 Å². The number of carbonyl (C=O) groups is 1. The number of hydrogen-bond donors (Lipinski definition) is 1. The van der Waals surface area contributed by atoms with E-state index in [4.69, 9.17) is 11.2 Å². The molecule has 0 atom stereocenters. The molecule has 0 fully saturated rings. The van der Waals surface area contributed by atoms with Crippen molar-refractivity contribution in [3.8, 4) is 23.8 Å². The SMILES string of the molecule is C#CCOc1ccc(CCNC(=O)c2nn(-c3ccccc3C(F)(F)F)c(C)cc2=O)cc1. The van der Waals surface area contributed by atoms with E-state index in [0.29, 0.717) is 12.2 Å². The number of halogens is 3. The fourth-order valence-corrected chi connectivity index (χ4v) is 3.13. The third-order valence-electron chi connectivity index (χ3n) is 4.70. The van der Waals surface area contributed by atoms with Crippen molar-refractivity contribution in [2.24, 2.45) is 0 Å². The summed E-state index contributed by atoms with van der Waals surface area (Å²) in [6.07, 6.45) is 0.971. The summed E-state index contributed by atoms with van der Waals surface area (Å²) in [5, 5.41) is 6.53. The Morgan fingerprint density at radius 3 is 2.55 bits per heavy atom. The van der Waals surface area contributed by atoms with Crippen LogP contribution >= 0.6 is 0 Å². The number of aryl methyl sites for hydroxylation is 1. The summed E-state index contributed by atoms with van der Waals surface area (Å²) in [5.74, 6) is 2.21. The normalized spacial score (nSPS) is 11.0. The highest BCUT2D eigenvalue weighted by Crippen LogP contribution is 2.33. The minimum atomic E-state index is -4.63. The molecule has 3 rings (SSSR count). The quantitative estimate of drug-likeness (QED) is 0.553. The molecule has 1 N–H and O–H groups in total. The van der Waals surface area contributed by atoms with Gasteiger partial charge in [-0.2, -0.15) is 18.3 Å². The van der Waals surface area contributed by atoms with Crippen LogP contribution in [0, 0.1) is 19.3 Å². The molecule has 0 aliphatic rings. The van der Waals surface area contributed by atoms with E-state index in [1.165, 1.54) is 25.1 Å². The van der Waals surface area contributed by atoms with Crippen LogP contribution in [0.25, 0.3) is 5.69 Å². The molecule has 9 heteroatoms. The molecule has 1 heterocycles. The van der Waals surface area contributed by atoms with Crippen LogP contribution in [0.15, 0.2) is 59.4 Å². The number of aromatic nitrogens is 2. The molecule has 0 unspecified atom stereocenters. The Hall–Kier alpha value is -4.06. The largest absolute Gasteiger partial charge is 0.481 e. The van der Waals surface area contributed by atoms with Crippen LogP contribution in [-0.4, -0.2) is 28.8 Å². The van der Waals surface area contributed by atoms with E-state index in [1.807, 2.05) is 12.1 Å². The maximum absolute atomic E-state index is 13.4. The van der Waals surface area contributed by atoms with Crippen molar-refractivity contribution < 1.29 is 22.7 Å². The van der Waals surface area contributed by atoms with E-state index in [0.717, 1.165) is 22.4 Å². The van der Waals surface area contributed by atoms with Gasteiger partial charge in [0.15, 0.2) is 5.69 Å². The topological polar surface area (TPSA) is 73.2 Å². The van der Waals surface area contributed by atoms with Gasteiger partial charge in [-0.3, -0.25) is 9.59 Å². The van der Waals surface area contributed by atoms with Gasteiger partial charge in [0.2, 0.25) is 5.43 Å². The predicted octanol–water partition coefficient (Wildman–Crippen LogP) is 3.54. The molecule has 0 spiro atoms. The van der Waals surface area contributed by atoms with Crippen molar-refractivity contribution in [3.05, 3.63) is 87.3 Å². The highest BCUT2D eigenvalue weighted by molar-refractivity contribution is 5.92. The summed E-state index contributed by atoms with van der Waals surface area (Å²) in [6, 6.07) is 13.0. The molecule has 0 radical (unpaired) electrons. The molecule has 0 aliphatic heterocycles. The lowest BCUT2D eigenvalue weighted by Gasteiger charge is -2.16. The monoisotopic (exact) mass is 455 g/mol. The maximum Gasteiger partial charge on any atom is 0.418 e. The van der Waals surface area contributed by atoms with Crippen LogP contribution in [0.3, 0.4) is 0 Å². The smallest absolute Gasteiger partial charge is 0.418 e. The molecule has 0 aliphatic carbocycles. The number of rotatable bonds is 7. The molecule has 6 nitrogen and oxygen atoms in total. The minimum absolute atomic E-state index is 0.157. The Labute approximate surface area is 188 Å². The number of terminal acetylenes is 1. The van der Waals surface area contributed by atoms with Gasteiger partial charge in [0.05, 0.1) is 11.3 Å². The van der Waals surface area contributed by atoms with E-state index in [9.17, 15) is 22.8 Å². The molecule has 1 aromatic heterocycles. The summed E-state index contributed by atoms with van der Waals surface area (Å²) < 4.78 is 46.5. The van der Waals surface area contributed by atoms with E-state index < -0.39 is 28.8 Å². The lowest BCUT2D eigenvalue weighted by molar-refractivity contribution is -0.137. The van der Waals surface area contributed by atoms with E-state index in [-0.39, 0.29) is 24.5 Å². The Kier molecular flexibility index (Phi) is 7.18. The van der Waals surface area contributed by atoms with Gasteiger partial charge < -0.3 is 10.1 Å². The first kappa shape index (κ1) is 23.6. The molecular formula is C24H20F3N3O3. The number of alkyl halides is 3. The second kappa shape index (κ2) is 10.0. The van der Waals surface area contributed by atoms with Crippen LogP contribution < -0.4 is 15.5 Å². The van der Waals surface area contributed by atoms with Gasteiger partial charge in [0.1, 0.15) is 12.4 Å². The van der Waals surface area contributed by atoms with Gasteiger partial charge in [-0.25, -0.2) is 4.68 Å². The van der Waals surface area contributed by atoms with Gasteiger partial charge in [0, 0.05) is 18.3 Å². The molecule has 1 amide bonds. The molecule has 3 aromatic rings. The zero-order chi connectivity index (χ0) is 24.0. The number of carbonyl (C=O) groups excluding carboxylic acids is 1. The number of hydrogen-bond acceptors (Lipinski definition) is 4. The van der Waals surface area contributed by atoms with Crippen molar-refractivity contribution in [3.63, 3.8) is 0 Å². The molecule has 33 heavy (non-hydrogen) atoms. The van der Waals surface area contributed by atoms with Crippen molar-refractivity contribution in [1.29, 1.82) is 0 Å². The Balaban J connectivity index is 1.76. The maximum atomic E-state index is 13.4. The molecule has 170 valence electrons. The third-order valence-corrected chi connectivity index (χ3v) is 4.70. The average molecular weight is 455 g/mol. The second-order valence-corrected chi connectivity index (χ2v) is 7.07. The lowest BCUT2D eigenvalue weighted by atomic mass is 10.1. The molecule has 0 saturated carbocycles. The van der Waals surface area contributed by atoms with Crippen LogP contribution in [0.4, 0.5) is 13.2 Å². The number of nitrogens with zero attached hydrogens (tertiary/aromatic N) is 2. The Morgan fingerprint density at radius 1 is 1.18 bits per heavy atom. The summed E-state index contributed by atoms with van der Waals surface area (Å²) in [4.78, 5) is 24.9. The Morgan fingerprint density at radius 2 is 1.88 bits per heavy atom. The molecule has 0 saturated heterocycles. The van der Waals surface area contributed by atoms with Crippen LogP contribution in [0.2, 0.25) is 0 Å². The zero-order valence-electron chi connectivity index (χ0n) is 17.6. The number of benzene rings is 2. The van der Waals surface area contributed by atoms with Crippen molar-refractivity contribution in [2.75, 3.05) is 13.2 Å². The average Bonchev–Trinajstić information content (AvgIpc) is 2.78. The molecule has 0 bridgehead atoms. The summed E-state index contributed by atoms with van der Waals surface area (Å²) in [6.45, 7) is 1.79. The highest BCUT2D eigenvalue weighted by atomic mass is 19.4. The van der Waals surface area contributed by atoms with Crippen LogP contribution in [0.1, 0.15) is 27.3 Å². The van der Waals surface area contributed by atoms with E-state index in [1.54, 1.807) is 12.1 Å². The predicted molar refractivity (Wildman–Crippen MR) is 116 cm³/mol. The second-order valence-electron chi connectivity index (χ2n) is 7.07. The Bertz CT molecular complexity index is 1240. The van der Waals surface area contributed by atoms with E-state index >= 15 is 0 Å². The van der Waals surface area contributed by atoms with Crippen molar-refractivity contribution in [1.82, 2.24) is 15.1 Å². The highest BCUT2D eigenvalue weighted by Gasteiger charge is 2.34. The third kappa shape index (κ3) is 5.80. The molecular weight excluding hydrogens is 435 g/mol. The molecule has 2 aromatic carbocycles. The minimum Gasteiger partial charge on any atom is -0.481 e. The summed E-state index contributed by atoms with van der Waals surface area (Å²) in [5.41, 5.74) is -1.30. The van der Waals surface area contributed by atoms with E-state index in [2.05, 4.69) is 16.3 Å². The lowest BCUT2D eigenvalue weighted by Crippen LogP contribution is -2.33. The number of para-hydroxylation sites is 1. The first-order valence-corrected chi connectivity index (χ1v) is 9.91. The number of nitrogens with one attached hydrogen (secondary N) is 1. The zero-order valence-corrected chi connectivity index (χ0v) is 17.6.